The summed E-state index contributed by atoms with van der Waals surface area (Å²) >= 11 is 5.77. The second kappa shape index (κ2) is 6.12. The minimum Gasteiger partial charge on any atom is -0.349 e. The molecule has 0 aliphatic heterocycles. The van der Waals surface area contributed by atoms with E-state index in [1.165, 1.54) is 23.4 Å². The largest absolute Gasteiger partial charge is 0.349 e. The van der Waals surface area contributed by atoms with Gasteiger partial charge in [0, 0.05) is 39.5 Å². The maximum Gasteiger partial charge on any atom is 0.243 e. The van der Waals surface area contributed by atoms with Crippen LogP contribution in [-0.4, -0.2) is 44.8 Å². The number of amides is 1. The Hall–Kier alpha value is -1.18. The number of sulfonamides is 1. The summed E-state index contributed by atoms with van der Waals surface area (Å²) in [6.45, 7) is 0.0184. The molecule has 1 aromatic heterocycles. The standard InChI is InChI=1S/C10H14ClN3O3S/c1-14(2)10(15)4-6-13-18(16,17)9-7-12-5-3-8(9)11/h3,5,7,13H,4,6H2,1-2H3. The van der Waals surface area contributed by atoms with Gasteiger partial charge in [-0.05, 0) is 6.07 Å². The first-order chi connectivity index (χ1) is 8.34. The van der Waals surface area contributed by atoms with Crippen molar-refractivity contribution in [3.63, 3.8) is 0 Å². The third-order valence-electron chi connectivity index (χ3n) is 2.15. The van der Waals surface area contributed by atoms with Crippen LogP contribution in [0.4, 0.5) is 0 Å². The van der Waals surface area contributed by atoms with E-state index in [2.05, 4.69) is 9.71 Å². The van der Waals surface area contributed by atoms with Crippen LogP contribution >= 0.6 is 11.6 Å². The molecule has 0 aliphatic rings. The second-order valence-electron chi connectivity index (χ2n) is 3.74. The SMILES string of the molecule is CN(C)C(=O)CCNS(=O)(=O)c1cnccc1Cl. The number of aromatic nitrogens is 1. The molecule has 1 aromatic rings. The fourth-order valence-corrected chi connectivity index (χ4v) is 2.61. The minimum absolute atomic E-state index is 0.0184. The first-order valence-electron chi connectivity index (χ1n) is 5.14. The maximum absolute atomic E-state index is 11.8. The average Bonchev–Trinajstić information content (AvgIpc) is 2.28. The van der Waals surface area contributed by atoms with Crippen molar-refractivity contribution in [1.29, 1.82) is 0 Å². The van der Waals surface area contributed by atoms with Crippen LogP contribution in [0.3, 0.4) is 0 Å². The van der Waals surface area contributed by atoms with Crippen molar-refractivity contribution in [3.8, 4) is 0 Å². The van der Waals surface area contributed by atoms with Gasteiger partial charge in [0.15, 0.2) is 0 Å². The van der Waals surface area contributed by atoms with Crippen molar-refractivity contribution in [1.82, 2.24) is 14.6 Å². The van der Waals surface area contributed by atoms with Gasteiger partial charge >= 0.3 is 0 Å². The lowest BCUT2D eigenvalue weighted by molar-refractivity contribution is -0.128. The molecule has 18 heavy (non-hydrogen) atoms. The normalized spacial score (nSPS) is 11.3. The van der Waals surface area contributed by atoms with Crippen LogP contribution < -0.4 is 4.72 Å². The van der Waals surface area contributed by atoms with E-state index in [1.54, 1.807) is 14.1 Å². The lowest BCUT2D eigenvalue weighted by Crippen LogP contribution is -2.30. The molecule has 0 bridgehead atoms. The van der Waals surface area contributed by atoms with Crippen molar-refractivity contribution in [2.75, 3.05) is 20.6 Å². The van der Waals surface area contributed by atoms with Gasteiger partial charge in [0.05, 0.1) is 5.02 Å². The summed E-state index contributed by atoms with van der Waals surface area (Å²) in [5.74, 6) is -0.157. The number of hydrogen-bond acceptors (Lipinski definition) is 4. The fraction of sp³-hybridized carbons (Fsp3) is 0.400. The number of halogens is 1. The third-order valence-corrected chi connectivity index (χ3v) is 4.08. The highest BCUT2D eigenvalue weighted by molar-refractivity contribution is 7.89. The van der Waals surface area contributed by atoms with E-state index < -0.39 is 10.0 Å². The molecule has 1 amide bonds. The van der Waals surface area contributed by atoms with Gasteiger partial charge in [0.25, 0.3) is 0 Å². The van der Waals surface area contributed by atoms with Crippen molar-refractivity contribution < 1.29 is 13.2 Å². The Kier molecular flexibility index (Phi) is 5.06. The van der Waals surface area contributed by atoms with Gasteiger partial charge in [0.2, 0.25) is 15.9 Å². The highest BCUT2D eigenvalue weighted by Crippen LogP contribution is 2.18. The zero-order valence-corrected chi connectivity index (χ0v) is 11.6. The lowest BCUT2D eigenvalue weighted by atomic mass is 10.4. The minimum atomic E-state index is -3.73. The molecule has 0 spiro atoms. The van der Waals surface area contributed by atoms with Gasteiger partial charge in [-0.2, -0.15) is 0 Å². The van der Waals surface area contributed by atoms with Gasteiger partial charge in [-0.3, -0.25) is 9.78 Å². The Morgan fingerprint density at radius 1 is 1.50 bits per heavy atom. The average molecular weight is 292 g/mol. The number of pyridine rings is 1. The number of rotatable bonds is 5. The van der Waals surface area contributed by atoms with Gasteiger partial charge in [0.1, 0.15) is 4.90 Å². The van der Waals surface area contributed by atoms with E-state index in [0.717, 1.165) is 0 Å². The molecule has 0 saturated heterocycles. The van der Waals surface area contributed by atoms with E-state index in [4.69, 9.17) is 11.6 Å². The molecule has 1 rings (SSSR count). The number of hydrogen-bond donors (Lipinski definition) is 1. The Bertz CT molecular complexity index is 531. The van der Waals surface area contributed by atoms with Gasteiger partial charge in [-0.25, -0.2) is 13.1 Å². The molecular weight excluding hydrogens is 278 g/mol. The molecule has 1 heterocycles. The van der Waals surface area contributed by atoms with Crippen LogP contribution in [0.15, 0.2) is 23.4 Å². The van der Waals surface area contributed by atoms with Gasteiger partial charge < -0.3 is 4.90 Å². The molecule has 100 valence electrons. The zero-order chi connectivity index (χ0) is 13.8. The van der Waals surface area contributed by atoms with Crippen LogP contribution in [0, 0.1) is 0 Å². The van der Waals surface area contributed by atoms with Crippen molar-refractivity contribution in [2.45, 2.75) is 11.3 Å². The predicted octanol–water partition coefficient (Wildman–Crippen LogP) is 0.492. The topological polar surface area (TPSA) is 79.4 Å². The summed E-state index contributed by atoms with van der Waals surface area (Å²) in [5, 5.41) is 0.0939. The number of nitrogens with one attached hydrogen (secondary N) is 1. The molecule has 0 radical (unpaired) electrons. The first-order valence-corrected chi connectivity index (χ1v) is 7.00. The monoisotopic (exact) mass is 291 g/mol. The zero-order valence-electron chi connectivity index (χ0n) is 10.1. The van der Waals surface area contributed by atoms with Gasteiger partial charge in [-0.15, -0.1) is 0 Å². The Morgan fingerprint density at radius 3 is 2.72 bits per heavy atom. The van der Waals surface area contributed by atoms with E-state index in [-0.39, 0.29) is 28.8 Å². The van der Waals surface area contributed by atoms with E-state index in [9.17, 15) is 13.2 Å². The highest BCUT2D eigenvalue weighted by atomic mass is 35.5. The molecule has 6 nitrogen and oxygen atoms in total. The molecule has 0 saturated carbocycles. The van der Waals surface area contributed by atoms with Gasteiger partial charge in [-0.1, -0.05) is 11.6 Å². The molecule has 0 fully saturated rings. The molecule has 1 N–H and O–H groups in total. The van der Waals surface area contributed by atoms with Crippen LogP contribution in [0.25, 0.3) is 0 Å². The third kappa shape index (κ3) is 3.94. The molecule has 0 aromatic carbocycles. The number of carbonyl (C=O) groups is 1. The molecule has 0 unspecified atom stereocenters. The van der Waals surface area contributed by atoms with Crippen LogP contribution in [0.5, 0.6) is 0 Å². The maximum atomic E-state index is 11.8. The van der Waals surface area contributed by atoms with E-state index >= 15 is 0 Å². The summed E-state index contributed by atoms with van der Waals surface area (Å²) in [5.41, 5.74) is 0. The highest BCUT2D eigenvalue weighted by Gasteiger charge is 2.18. The lowest BCUT2D eigenvalue weighted by Gasteiger charge is -2.11. The Labute approximate surface area is 111 Å². The van der Waals surface area contributed by atoms with E-state index in [1.807, 2.05) is 0 Å². The van der Waals surface area contributed by atoms with Crippen LogP contribution in [0.2, 0.25) is 5.02 Å². The molecule has 8 heteroatoms. The summed E-state index contributed by atoms with van der Waals surface area (Å²) < 4.78 is 26.0. The quantitative estimate of drug-likeness (QED) is 0.856. The smallest absolute Gasteiger partial charge is 0.243 e. The summed E-state index contributed by atoms with van der Waals surface area (Å²) in [7, 11) is -0.516. The van der Waals surface area contributed by atoms with Crippen molar-refractivity contribution in [2.24, 2.45) is 0 Å². The summed E-state index contributed by atoms with van der Waals surface area (Å²) in [6, 6.07) is 1.39. The molecular formula is C10H14ClN3O3S. The van der Waals surface area contributed by atoms with Crippen LogP contribution in [0.1, 0.15) is 6.42 Å². The first kappa shape index (κ1) is 14.9. The second-order valence-corrected chi connectivity index (χ2v) is 5.88. The Morgan fingerprint density at radius 2 is 2.17 bits per heavy atom. The molecule has 0 atom stereocenters. The van der Waals surface area contributed by atoms with Crippen LogP contribution in [-0.2, 0) is 14.8 Å². The molecule has 0 aliphatic carbocycles. The van der Waals surface area contributed by atoms with E-state index in [0.29, 0.717) is 0 Å². The fourth-order valence-electron chi connectivity index (χ4n) is 1.15. The van der Waals surface area contributed by atoms with Crippen molar-refractivity contribution in [3.05, 3.63) is 23.5 Å². The summed E-state index contributed by atoms with van der Waals surface area (Å²) in [6.07, 6.45) is 2.65. The predicted molar refractivity (Wildman–Crippen MR) is 67.7 cm³/mol. The van der Waals surface area contributed by atoms with Crippen molar-refractivity contribution >= 4 is 27.5 Å². The summed E-state index contributed by atoms with van der Waals surface area (Å²) in [4.78, 5) is 16.3. The Balaban J connectivity index is 2.67. The number of carbonyl (C=O) groups excluding carboxylic acids is 1. The number of nitrogens with zero attached hydrogens (tertiary/aromatic N) is 2.